The van der Waals surface area contributed by atoms with Gasteiger partial charge in [-0.05, 0) is 47.7 Å². The Hall–Kier alpha value is -3.60. The number of hydrogen-bond donors (Lipinski definition) is 1. The lowest BCUT2D eigenvalue weighted by Gasteiger charge is -2.32. The highest BCUT2D eigenvalue weighted by Gasteiger charge is 2.30. The number of anilines is 1. The van der Waals surface area contributed by atoms with Gasteiger partial charge < -0.3 is 15.0 Å². The second-order valence-corrected chi connectivity index (χ2v) is 7.66. The van der Waals surface area contributed by atoms with Gasteiger partial charge in [-0.3, -0.25) is 9.59 Å². The molecule has 0 fully saturated rings. The van der Waals surface area contributed by atoms with Gasteiger partial charge in [0.15, 0.2) is 0 Å². The molecule has 1 N–H and O–H groups in total. The predicted molar refractivity (Wildman–Crippen MR) is 121 cm³/mol. The molecule has 3 aromatic rings. The molecule has 0 spiro atoms. The summed E-state index contributed by atoms with van der Waals surface area (Å²) >= 11 is 0. The summed E-state index contributed by atoms with van der Waals surface area (Å²) < 4.78 is 5.17. The topological polar surface area (TPSA) is 58.6 Å². The van der Waals surface area contributed by atoms with Gasteiger partial charge in [-0.2, -0.15) is 0 Å². The van der Waals surface area contributed by atoms with Crippen molar-refractivity contribution in [1.82, 2.24) is 5.32 Å². The summed E-state index contributed by atoms with van der Waals surface area (Å²) in [5, 5.41) is 2.98. The number of benzene rings is 3. The van der Waals surface area contributed by atoms with Gasteiger partial charge in [0.1, 0.15) is 11.8 Å². The van der Waals surface area contributed by atoms with Crippen LogP contribution in [0, 0.1) is 0 Å². The number of hydrogen-bond acceptors (Lipinski definition) is 3. The predicted octanol–water partition coefficient (Wildman–Crippen LogP) is 4.07. The molecule has 0 saturated heterocycles. The molecule has 1 aliphatic heterocycles. The Morgan fingerprint density at radius 1 is 0.968 bits per heavy atom. The first-order chi connectivity index (χ1) is 15.2. The van der Waals surface area contributed by atoms with Gasteiger partial charge in [0.25, 0.3) is 5.91 Å². The van der Waals surface area contributed by atoms with E-state index in [1.807, 2.05) is 77.7 Å². The summed E-state index contributed by atoms with van der Waals surface area (Å²) in [7, 11) is 1.61. The molecule has 31 heavy (non-hydrogen) atoms. The number of para-hydroxylation sites is 1. The van der Waals surface area contributed by atoms with E-state index in [2.05, 4.69) is 11.4 Å². The van der Waals surface area contributed by atoms with Crippen molar-refractivity contribution in [2.45, 2.75) is 25.3 Å². The van der Waals surface area contributed by atoms with Gasteiger partial charge in [0.05, 0.1) is 13.5 Å². The van der Waals surface area contributed by atoms with Crippen molar-refractivity contribution in [2.24, 2.45) is 0 Å². The Balaban J connectivity index is 1.56. The van der Waals surface area contributed by atoms with Crippen LogP contribution < -0.4 is 15.0 Å². The highest BCUT2D eigenvalue weighted by molar-refractivity contribution is 6.00. The molecule has 5 nitrogen and oxygen atoms in total. The van der Waals surface area contributed by atoms with E-state index < -0.39 is 6.04 Å². The van der Waals surface area contributed by atoms with Crippen LogP contribution in [0.15, 0.2) is 78.9 Å². The standard InChI is InChI=1S/C26H26N2O3/c1-31-22-15-13-19(14-16-22)18-24(29)27-25(21-9-3-2-4-10-21)26(30)28-17-7-11-20-8-5-6-12-23(20)28/h2-6,8-10,12-16,25H,7,11,17-18H2,1H3,(H,27,29)/t25-/m1/s1. The maximum atomic E-state index is 13.6. The first-order valence-corrected chi connectivity index (χ1v) is 10.5. The molecule has 4 rings (SSSR count). The SMILES string of the molecule is COc1ccc(CC(=O)N[C@@H](C(=O)N2CCCc3ccccc32)c2ccccc2)cc1. The van der Waals surface area contributed by atoms with Crippen LogP contribution in [0.3, 0.4) is 0 Å². The molecular weight excluding hydrogens is 388 g/mol. The molecule has 0 bridgehead atoms. The van der Waals surface area contributed by atoms with Gasteiger partial charge in [0, 0.05) is 12.2 Å². The number of carbonyl (C=O) groups is 2. The summed E-state index contributed by atoms with van der Waals surface area (Å²) in [5.74, 6) is 0.435. The molecule has 0 aromatic heterocycles. The number of fused-ring (bicyclic) bond motifs is 1. The largest absolute Gasteiger partial charge is 0.497 e. The fraction of sp³-hybridized carbons (Fsp3) is 0.231. The van der Waals surface area contributed by atoms with Crippen molar-refractivity contribution in [3.05, 3.63) is 95.6 Å². The Bertz CT molecular complexity index is 1050. The molecule has 1 heterocycles. The van der Waals surface area contributed by atoms with E-state index in [0.717, 1.165) is 35.4 Å². The molecule has 1 atom stereocenters. The summed E-state index contributed by atoms with van der Waals surface area (Å²) in [6, 6.07) is 24.1. The zero-order valence-corrected chi connectivity index (χ0v) is 17.6. The normalized spacial score (nSPS) is 13.8. The van der Waals surface area contributed by atoms with Crippen LogP contribution in [0.4, 0.5) is 5.69 Å². The smallest absolute Gasteiger partial charge is 0.254 e. The lowest BCUT2D eigenvalue weighted by Crippen LogP contribution is -2.45. The Morgan fingerprint density at radius 3 is 2.42 bits per heavy atom. The van der Waals surface area contributed by atoms with Gasteiger partial charge >= 0.3 is 0 Å². The van der Waals surface area contributed by atoms with E-state index >= 15 is 0 Å². The van der Waals surface area contributed by atoms with Gasteiger partial charge in [-0.15, -0.1) is 0 Å². The van der Waals surface area contributed by atoms with Gasteiger partial charge in [0.2, 0.25) is 5.91 Å². The number of aryl methyl sites for hydroxylation is 1. The molecule has 0 unspecified atom stereocenters. The van der Waals surface area contributed by atoms with Crippen molar-refractivity contribution < 1.29 is 14.3 Å². The van der Waals surface area contributed by atoms with E-state index in [9.17, 15) is 9.59 Å². The number of methoxy groups -OCH3 is 1. The number of nitrogens with one attached hydrogen (secondary N) is 1. The monoisotopic (exact) mass is 414 g/mol. The van der Waals surface area contributed by atoms with E-state index in [0.29, 0.717) is 6.54 Å². The highest BCUT2D eigenvalue weighted by atomic mass is 16.5. The molecule has 2 amide bonds. The Morgan fingerprint density at radius 2 is 1.68 bits per heavy atom. The van der Waals surface area contributed by atoms with E-state index in [1.165, 1.54) is 5.56 Å². The fourth-order valence-electron chi connectivity index (χ4n) is 3.99. The van der Waals surface area contributed by atoms with E-state index in [1.54, 1.807) is 7.11 Å². The van der Waals surface area contributed by atoms with Crippen LogP contribution in [-0.2, 0) is 22.4 Å². The van der Waals surface area contributed by atoms with Gasteiger partial charge in [-0.25, -0.2) is 0 Å². The maximum Gasteiger partial charge on any atom is 0.254 e. The summed E-state index contributed by atoms with van der Waals surface area (Å²) in [6.07, 6.45) is 2.06. The van der Waals surface area contributed by atoms with Gasteiger partial charge in [-0.1, -0.05) is 60.7 Å². The van der Waals surface area contributed by atoms with Crippen LogP contribution in [0.1, 0.15) is 29.2 Å². The Labute approximate surface area is 182 Å². The first kappa shape index (κ1) is 20.7. The third-order valence-electron chi connectivity index (χ3n) is 5.59. The number of nitrogens with zero attached hydrogens (tertiary/aromatic N) is 1. The zero-order valence-electron chi connectivity index (χ0n) is 17.6. The van der Waals surface area contributed by atoms with Crippen molar-refractivity contribution >= 4 is 17.5 Å². The van der Waals surface area contributed by atoms with Crippen molar-refractivity contribution in [3.63, 3.8) is 0 Å². The van der Waals surface area contributed by atoms with Crippen LogP contribution in [0.2, 0.25) is 0 Å². The second kappa shape index (κ2) is 9.47. The fourth-order valence-corrected chi connectivity index (χ4v) is 3.99. The minimum atomic E-state index is -0.738. The molecule has 158 valence electrons. The minimum Gasteiger partial charge on any atom is -0.497 e. The lowest BCUT2D eigenvalue weighted by atomic mass is 9.99. The second-order valence-electron chi connectivity index (χ2n) is 7.66. The molecule has 1 aliphatic rings. The molecule has 3 aromatic carbocycles. The summed E-state index contributed by atoms with van der Waals surface area (Å²) in [6.45, 7) is 0.646. The molecular formula is C26H26N2O3. The third kappa shape index (κ3) is 4.77. The van der Waals surface area contributed by atoms with Crippen LogP contribution >= 0.6 is 0 Å². The zero-order chi connectivity index (χ0) is 21.6. The molecule has 0 saturated carbocycles. The van der Waals surface area contributed by atoms with E-state index in [4.69, 9.17) is 4.74 Å². The molecule has 0 radical (unpaired) electrons. The minimum absolute atomic E-state index is 0.110. The van der Waals surface area contributed by atoms with Crippen LogP contribution in [0.5, 0.6) is 5.75 Å². The highest BCUT2D eigenvalue weighted by Crippen LogP contribution is 2.29. The average molecular weight is 415 g/mol. The Kier molecular flexibility index (Phi) is 6.32. The van der Waals surface area contributed by atoms with Crippen molar-refractivity contribution in [3.8, 4) is 5.75 Å². The quantitative estimate of drug-likeness (QED) is 0.661. The van der Waals surface area contributed by atoms with Crippen molar-refractivity contribution in [1.29, 1.82) is 0 Å². The average Bonchev–Trinajstić information content (AvgIpc) is 2.83. The number of rotatable bonds is 6. The lowest BCUT2D eigenvalue weighted by molar-refractivity contribution is -0.127. The molecule has 0 aliphatic carbocycles. The first-order valence-electron chi connectivity index (χ1n) is 10.5. The molecule has 5 heteroatoms. The maximum absolute atomic E-state index is 13.6. The van der Waals surface area contributed by atoms with Crippen LogP contribution in [0.25, 0.3) is 0 Å². The number of ether oxygens (including phenoxy) is 1. The number of amides is 2. The van der Waals surface area contributed by atoms with Crippen LogP contribution in [-0.4, -0.2) is 25.5 Å². The number of carbonyl (C=O) groups excluding carboxylic acids is 2. The summed E-state index contributed by atoms with van der Waals surface area (Å²) in [4.78, 5) is 28.3. The van der Waals surface area contributed by atoms with Crippen molar-refractivity contribution in [2.75, 3.05) is 18.6 Å². The summed E-state index contributed by atoms with van der Waals surface area (Å²) in [5.41, 5.74) is 3.74. The third-order valence-corrected chi connectivity index (χ3v) is 5.59. The van der Waals surface area contributed by atoms with E-state index in [-0.39, 0.29) is 18.2 Å².